The van der Waals surface area contributed by atoms with Crippen LogP contribution in [0.4, 0.5) is 0 Å². The highest BCUT2D eigenvalue weighted by molar-refractivity contribution is 6.17. The van der Waals surface area contributed by atoms with E-state index in [-0.39, 0.29) is 5.91 Å². The number of carbonyl (C=O) groups is 1. The van der Waals surface area contributed by atoms with E-state index < -0.39 is 0 Å². The van der Waals surface area contributed by atoms with Crippen LogP contribution in [0.15, 0.2) is 0 Å². The van der Waals surface area contributed by atoms with E-state index in [1.54, 1.807) is 0 Å². The first-order valence-electron chi connectivity index (χ1n) is 6.56. The fourth-order valence-electron chi connectivity index (χ4n) is 3.57. The van der Waals surface area contributed by atoms with E-state index >= 15 is 0 Å². The summed E-state index contributed by atoms with van der Waals surface area (Å²) in [5, 5.41) is 3.14. The third-order valence-corrected chi connectivity index (χ3v) is 4.63. The minimum absolute atomic E-state index is 0.177. The lowest BCUT2D eigenvalue weighted by Gasteiger charge is -2.28. The Bertz CT molecular complexity index is 256. The predicted molar refractivity (Wildman–Crippen MR) is 66.5 cm³/mol. The lowest BCUT2D eigenvalue weighted by molar-refractivity contribution is -0.122. The van der Waals surface area contributed by atoms with Crippen molar-refractivity contribution in [3.63, 3.8) is 0 Å². The molecule has 2 rings (SSSR count). The van der Waals surface area contributed by atoms with Gasteiger partial charge in [-0.05, 0) is 50.4 Å². The summed E-state index contributed by atoms with van der Waals surface area (Å²) >= 11 is 5.58. The van der Waals surface area contributed by atoms with Crippen molar-refractivity contribution in [3.8, 4) is 0 Å². The first-order chi connectivity index (χ1) is 7.70. The SMILES string of the molecule is CC(NC(=O)CCCCl)C1CC2CCC1C2. The lowest BCUT2D eigenvalue weighted by atomic mass is 9.84. The zero-order valence-electron chi connectivity index (χ0n) is 10.0. The highest BCUT2D eigenvalue weighted by Gasteiger charge is 2.41. The smallest absolute Gasteiger partial charge is 0.220 e. The molecule has 2 bridgehead atoms. The van der Waals surface area contributed by atoms with E-state index in [0.29, 0.717) is 18.3 Å². The van der Waals surface area contributed by atoms with E-state index in [9.17, 15) is 4.79 Å². The van der Waals surface area contributed by atoms with E-state index in [4.69, 9.17) is 11.6 Å². The molecule has 2 fully saturated rings. The Hall–Kier alpha value is -0.240. The average molecular weight is 244 g/mol. The minimum Gasteiger partial charge on any atom is -0.353 e. The maximum Gasteiger partial charge on any atom is 0.220 e. The number of rotatable bonds is 5. The van der Waals surface area contributed by atoms with Crippen LogP contribution in [0.3, 0.4) is 0 Å². The third-order valence-electron chi connectivity index (χ3n) is 4.36. The summed E-state index contributed by atoms with van der Waals surface area (Å²) in [4.78, 5) is 11.6. The van der Waals surface area contributed by atoms with Crippen LogP contribution in [-0.4, -0.2) is 17.8 Å². The summed E-state index contributed by atoms with van der Waals surface area (Å²) in [6, 6.07) is 0.359. The molecule has 3 heteroatoms. The van der Waals surface area contributed by atoms with Crippen LogP contribution in [0, 0.1) is 17.8 Å². The van der Waals surface area contributed by atoms with E-state index in [1.807, 2.05) is 0 Å². The van der Waals surface area contributed by atoms with Gasteiger partial charge in [0.2, 0.25) is 5.91 Å². The second-order valence-electron chi connectivity index (χ2n) is 5.49. The summed E-state index contributed by atoms with van der Waals surface area (Å²) < 4.78 is 0. The number of hydrogen-bond acceptors (Lipinski definition) is 1. The van der Waals surface area contributed by atoms with Crippen molar-refractivity contribution in [3.05, 3.63) is 0 Å². The number of carbonyl (C=O) groups excluding carboxylic acids is 1. The Balaban J connectivity index is 1.75. The third kappa shape index (κ3) is 2.71. The van der Waals surface area contributed by atoms with Gasteiger partial charge < -0.3 is 5.32 Å². The molecule has 0 aromatic rings. The van der Waals surface area contributed by atoms with Gasteiger partial charge in [-0.25, -0.2) is 0 Å². The molecule has 16 heavy (non-hydrogen) atoms. The summed E-state index contributed by atoms with van der Waals surface area (Å²) in [5.41, 5.74) is 0. The number of halogens is 1. The molecular formula is C13H22ClNO. The van der Waals surface area contributed by atoms with Crippen molar-refractivity contribution in [1.29, 1.82) is 0 Å². The van der Waals surface area contributed by atoms with Gasteiger partial charge in [0.15, 0.2) is 0 Å². The summed E-state index contributed by atoms with van der Waals surface area (Å²) in [6.45, 7) is 2.17. The van der Waals surface area contributed by atoms with Crippen LogP contribution in [-0.2, 0) is 4.79 Å². The van der Waals surface area contributed by atoms with Crippen LogP contribution in [0.5, 0.6) is 0 Å². The Morgan fingerprint density at radius 2 is 2.25 bits per heavy atom. The molecule has 2 saturated carbocycles. The maximum atomic E-state index is 11.6. The van der Waals surface area contributed by atoms with Crippen LogP contribution >= 0.6 is 11.6 Å². The molecule has 0 aromatic carbocycles. The van der Waals surface area contributed by atoms with Gasteiger partial charge >= 0.3 is 0 Å². The Morgan fingerprint density at radius 1 is 1.44 bits per heavy atom. The minimum atomic E-state index is 0.177. The molecule has 2 nitrogen and oxygen atoms in total. The molecule has 4 atom stereocenters. The molecule has 1 amide bonds. The summed E-state index contributed by atoms with van der Waals surface area (Å²) in [6.07, 6.45) is 6.92. The molecule has 0 spiro atoms. The second-order valence-corrected chi connectivity index (χ2v) is 5.87. The van der Waals surface area contributed by atoms with Gasteiger partial charge in [0.05, 0.1) is 0 Å². The van der Waals surface area contributed by atoms with Crippen molar-refractivity contribution in [2.45, 2.75) is 51.5 Å². The number of alkyl halides is 1. The van der Waals surface area contributed by atoms with Gasteiger partial charge in [-0.3, -0.25) is 4.79 Å². The molecule has 0 aromatic heterocycles. The molecule has 0 saturated heterocycles. The molecule has 92 valence electrons. The van der Waals surface area contributed by atoms with E-state index in [2.05, 4.69) is 12.2 Å². The largest absolute Gasteiger partial charge is 0.353 e. The number of amides is 1. The summed E-state index contributed by atoms with van der Waals surface area (Å²) in [7, 11) is 0. The fraction of sp³-hybridized carbons (Fsp3) is 0.923. The van der Waals surface area contributed by atoms with Gasteiger partial charge in [-0.15, -0.1) is 11.6 Å². The standard InChI is InChI=1S/C13H22ClNO/c1-9(15-13(16)3-2-6-14)12-8-10-4-5-11(12)7-10/h9-12H,2-8H2,1H3,(H,15,16). The van der Waals surface area contributed by atoms with Crippen LogP contribution < -0.4 is 5.32 Å². The van der Waals surface area contributed by atoms with Crippen molar-refractivity contribution < 1.29 is 4.79 Å². The van der Waals surface area contributed by atoms with Crippen LogP contribution in [0.2, 0.25) is 0 Å². The first-order valence-corrected chi connectivity index (χ1v) is 7.09. The monoisotopic (exact) mass is 243 g/mol. The zero-order chi connectivity index (χ0) is 11.5. The zero-order valence-corrected chi connectivity index (χ0v) is 10.8. The topological polar surface area (TPSA) is 29.1 Å². The molecule has 2 aliphatic carbocycles. The Kier molecular flexibility index (Phi) is 4.12. The first kappa shape index (κ1) is 12.2. The van der Waals surface area contributed by atoms with Crippen LogP contribution in [0.25, 0.3) is 0 Å². The predicted octanol–water partition coefficient (Wildman–Crippen LogP) is 2.95. The maximum absolute atomic E-state index is 11.6. The van der Waals surface area contributed by atoms with Gasteiger partial charge in [0.1, 0.15) is 0 Å². The van der Waals surface area contributed by atoms with Gasteiger partial charge in [0, 0.05) is 18.3 Å². The Labute approximate surface area is 103 Å². The molecule has 2 aliphatic rings. The van der Waals surface area contributed by atoms with Crippen molar-refractivity contribution in [2.24, 2.45) is 17.8 Å². The molecular weight excluding hydrogens is 222 g/mol. The van der Waals surface area contributed by atoms with Crippen LogP contribution in [0.1, 0.15) is 45.4 Å². The van der Waals surface area contributed by atoms with E-state index in [1.165, 1.54) is 25.7 Å². The second kappa shape index (κ2) is 5.39. The van der Waals surface area contributed by atoms with E-state index in [0.717, 1.165) is 24.2 Å². The molecule has 0 aliphatic heterocycles. The quantitative estimate of drug-likeness (QED) is 0.740. The fourth-order valence-corrected chi connectivity index (χ4v) is 3.70. The molecule has 0 radical (unpaired) electrons. The summed E-state index contributed by atoms with van der Waals surface area (Å²) in [5.74, 6) is 3.33. The molecule has 4 unspecified atom stereocenters. The molecule has 0 heterocycles. The number of nitrogens with one attached hydrogen (secondary N) is 1. The molecule has 1 N–H and O–H groups in total. The van der Waals surface area contributed by atoms with Crippen molar-refractivity contribution in [1.82, 2.24) is 5.32 Å². The normalized spacial score (nSPS) is 34.0. The number of fused-ring (bicyclic) bond motifs is 2. The highest BCUT2D eigenvalue weighted by Crippen LogP contribution is 2.49. The Morgan fingerprint density at radius 3 is 2.81 bits per heavy atom. The highest BCUT2D eigenvalue weighted by atomic mass is 35.5. The van der Waals surface area contributed by atoms with Gasteiger partial charge in [-0.2, -0.15) is 0 Å². The lowest BCUT2D eigenvalue weighted by Crippen LogP contribution is -2.40. The van der Waals surface area contributed by atoms with Crippen molar-refractivity contribution in [2.75, 3.05) is 5.88 Å². The average Bonchev–Trinajstić information content (AvgIpc) is 2.87. The van der Waals surface area contributed by atoms with Gasteiger partial charge in [0.25, 0.3) is 0 Å². The van der Waals surface area contributed by atoms with Crippen molar-refractivity contribution >= 4 is 17.5 Å². The van der Waals surface area contributed by atoms with Gasteiger partial charge in [-0.1, -0.05) is 6.42 Å². The number of hydrogen-bond donors (Lipinski definition) is 1.